The number of hydrogen-bond acceptors (Lipinski definition) is 3. The van der Waals surface area contributed by atoms with E-state index in [1.807, 2.05) is 12.4 Å². The second-order valence-electron chi connectivity index (χ2n) is 3.42. The van der Waals surface area contributed by atoms with Gasteiger partial charge in [-0.15, -0.1) is 0 Å². The molecule has 2 nitrogen and oxygen atoms in total. The molecule has 6 heteroatoms. The second kappa shape index (κ2) is 5.67. The molecule has 0 radical (unpaired) electrons. The Morgan fingerprint density at radius 3 is 2.71 bits per heavy atom. The van der Waals surface area contributed by atoms with E-state index in [1.165, 1.54) is 0 Å². The number of pyridine rings is 1. The highest BCUT2D eigenvalue weighted by Crippen LogP contribution is 2.33. The minimum atomic E-state index is -0.0413. The van der Waals surface area contributed by atoms with Gasteiger partial charge in [0.1, 0.15) is 0 Å². The molecule has 0 aliphatic carbocycles. The molecule has 0 fully saturated rings. The average molecular weight is 352 g/mol. The van der Waals surface area contributed by atoms with Crippen molar-refractivity contribution >= 4 is 50.5 Å². The lowest BCUT2D eigenvalue weighted by Gasteiger charge is -2.16. The molecule has 17 heavy (non-hydrogen) atoms. The summed E-state index contributed by atoms with van der Waals surface area (Å²) in [7, 11) is 1.88. The van der Waals surface area contributed by atoms with Crippen molar-refractivity contribution in [1.82, 2.24) is 10.3 Å². The van der Waals surface area contributed by atoms with E-state index in [2.05, 4.69) is 31.6 Å². The topological polar surface area (TPSA) is 24.9 Å². The van der Waals surface area contributed by atoms with Crippen molar-refractivity contribution in [2.45, 2.75) is 6.04 Å². The molecule has 0 aliphatic rings. The van der Waals surface area contributed by atoms with Gasteiger partial charge in [-0.1, -0.05) is 23.2 Å². The first-order chi connectivity index (χ1) is 8.13. The Hall–Kier alpha value is -0.130. The van der Waals surface area contributed by atoms with Crippen molar-refractivity contribution in [3.8, 4) is 0 Å². The van der Waals surface area contributed by atoms with Crippen LogP contribution >= 0.6 is 50.5 Å². The Labute approximate surface area is 122 Å². The number of nitrogens with zero attached hydrogens (tertiary/aromatic N) is 1. The molecule has 90 valence electrons. The maximum absolute atomic E-state index is 6.17. The first-order valence-corrected chi connectivity index (χ1v) is 7.32. The number of rotatable bonds is 3. The van der Waals surface area contributed by atoms with Crippen LogP contribution in [0.1, 0.15) is 17.3 Å². The summed E-state index contributed by atoms with van der Waals surface area (Å²) in [4.78, 5) is 4.30. The third-order valence-electron chi connectivity index (χ3n) is 2.35. The van der Waals surface area contributed by atoms with E-state index in [9.17, 15) is 0 Å². The van der Waals surface area contributed by atoms with Crippen LogP contribution in [-0.2, 0) is 0 Å². The standard InChI is InChI=1S/C11H9BrCl2N2S/c1-15-10(7-4-17-5-8(7)12)11-9(14)2-6(13)3-16-11/h2-5,10,15H,1H3. The van der Waals surface area contributed by atoms with Crippen molar-refractivity contribution in [2.75, 3.05) is 7.05 Å². The van der Waals surface area contributed by atoms with Crippen LogP contribution in [0.5, 0.6) is 0 Å². The Bertz CT molecular complexity index is 530. The van der Waals surface area contributed by atoms with Crippen molar-refractivity contribution < 1.29 is 0 Å². The van der Waals surface area contributed by atoms with Gasteiger partial charge in [-0.25, -0.2) is 0 Å². The molecule has 1 atom stereocenters. The summed E-state index contributed by atoms with van der Waals surface area (Å²) in [5, 5.41) is 8.41. The molecular formula is C11H9BrCl2N2S. The summed E-state index contributed by atoms with van der Waals surface area (Å²) < 4.78 is 1.05. The van der Waals surface area contributed by atoms with Crippen LogP contribution in [0.3, 0.4) is 0 Å². The molecule has 0 saturated carbocycles. The lowest BCUT2D eigenvalue weighted by Crippen LogP contribution is -2.19. The highest BCUT2D eigenvalue weighted by molar-refractivity contribution is 9.10. The zero-order chi connectivity index (χ0) is 12.4. The predicted octanol–water partition coefficient (Wildman–Crippen LogP) is 4.52. The molecule has 0 saturated heterocycles. The van der Waals surface area contributed by atoms with Gasteiger partial charge in [0.25, 0.3) is 0 Å². The molecule has 2 heterocycles. The largest absolute Gasteiger partial charge is 0.308 e. The van der Waals surface area contributed by atoms with Gasteiger partial charge >= 0.3 is 0 Å². The van der Waals surface area contributed by atoms with E-state index in [0.717, 1.165) is 15.7 Å². The van der Waals surface area contributed by atoms with E-state index in [1.54, 1.807) is 23.6 Å². The first-order valence-electron chi connectivity index (χ1n) is 4.83. The van der Waals surface area contributed by atoms with E-state index < -0.39 is 0 Å². The Balaban J connectivity index is 2.46. The highest BCUT2D eigenvalue weighted by atomic mass is 79.9. The third kappa shape index (κ3) is 2.83. The molecule has 1 N–H and O–H groups in total. The number of aromatic nitrogens is 1. The van der Waals surface area contributed by atoms with Gasteiger partial charge in [0.15, 0.2) is 0 Å². The molecule has 0 amide bonds. The maximum Gasteiger partial charge on any atom is 0.0806 e. The van der Waals surface area contributed by atoms with Crippen LogP contribution in [0.4, 0.5) is 0 Å². The summed E-state index contributed by atoms with van der Waals surface area (Å²) in [6, 6.07) is 1.66. The average Bonchev–Trinajstić information content (AvgIpc) is 2.69. The Morgan fingerprint density at radius 2 is 2.18 bits per heavy atom. The van der Waals surface area contributed by atoms with Crippen molar-refractivity contribution in [1.29, 1.82) is 0 Å². The third-order valence-corrected chi connectivity index (χ3v) is 4.61. The molecule has 2 aromatic heterocycles. The summed E-state index contributed by atoms with van der Waals surface area (Å²) >= 11 is 17.2. The Morgan fingerprint density at radius 1 is 1.41 bits per heavy atom. The van der Waals surface area contributed by atoms with Gasteiger partial charge in [0, 0.05) is 21.6 Å². The van der Waals surface area contributed by atoms with E-state index in [0.29, 0.717) is 10.0 Å². The molecule has 2 aromatic rings. The maximum atomic E-state index is 6.17. The van der Waals surface area contributed by atoms with Crippen molar-refractivity contribution in [3.05, 3.63) is 48.8 Å². The van der Waals surface area contributed by atoms with Gasteiger partial charge in [0.05, 0.1) is 21.8 Å². The van der Waals surface area contributed by atoms with Gasteiger partial charge in [-0.3, -0.25) is 4.98 Å². The monoisotopic (exact) mass is 350 g/mol. The lowest BCUT2D eigenvalue weighted by atomic mass is 10.1. The molecule has 0 spiro atoms. The zero-order valence-corrected chi connectivity index (χ0v) is 12.8. The van der Waals surface area contributed by atoms with Crippen LogP contribution < -0.4 is 5.32 Å². The van der Waals surface area contributed by atoms with Gasteiger partial charge in [0.2, 0.25) is 0 Å². The minimum absolute atomic E-state index is 0.0413. The molecule has 1 unspecified atom stereocenters. The SMILES string of the molecule is CNC(c1cscc1Br)c1ncc(Cl)cc1Cl. The Kier molecular flexibility index (Phi) is 4.44. The predicted molar refractivity (Wildman–Crippen MR) is 77.2 cm³/mol. The number of hydrogen-bond donors (Lipinski definition) is 1. The number of halogens is 3. The number of thiophene rings is 1. The molecular weight excluding hydrogens is 343 g/mol. The van der Waals surface area contributed by atoms with Crippen LogP contribution in [0.2, 0.25) is 10.0 Å². The fourth-order valence-corrected chi connectivity index (χ4v) is 3.62. The van der Waals surface area contributed by atoms with E-state index >= 15 is 0 Å². The van der Waals surface area contributed by atoms with Crippen LogP contribution in [-0.4, -0.2) is 12.0 Å². The minimum Gasteiger partial charge on any atom is -0.308 e. The van der Waals surface area contributed by atoms with Crippen molar-refractivity contribution in [2.24, 2.45) is 0 Å². The number of nitrogens with one attached hydrogen (secondary N) is 1. The van der Waals surface area contributed by atoms with Gasteiger partial charge in [-0.05, 0) is 34.4 Å². The molecule has 0 aromatic carbocycles. The summed E-state index contributed by atoms with van der Waals surface area (Å²) in [5.41, 5.74) is 1.90. The molecule has 0 bridgehead atoms. The second-order valence-corrected chi connectivity index (χ2v) is 5.86. The normalized spacial score (nSPS) is 12.7. The van der Waals surface area contributed by atoms with Crippen LogP contribution in [0.15, 0.2) is 27.5 Å². The molecule has 2 rings (SSSR count). The van der Waals surface area contributed by atoms with E-state index in [-0.39, 0.29) is 6.04 Å². The van der Waals surface area contributed by atoms with Crippen LogP contribution in [0, 0.1) is 0 Å². The zero-order valence-electron chi connectivity index (χ0n) is 8.88. The fraction of sp³-hybridized carbons (Fsp3) is 0.182. The van der Waals surface area contributed by atoms with Crippen molar-refractivity contribution in [3.63, 3.8) is 0 Å². The summed E-state index contributed by atoms with van der Waals surface area (Å²) in [6.07, 6.45) is 1.60. The quantitative estimate of drug-likeness (QED) is 0.879. The first kappa shape index (κ1) is 13.3. The summed E-state index contributed by atoms with van der Waals surface area (Å²) in [6.45, 7) is 0. The van der Waals surface area contributed by atoms with Gasteiger partial charge in [-0.2, -0.15) is 11.3 Å². The van der Waals surface area contributed by atoms with Crippen LogP contribution in [0.25, 0.3) is 0 Å². The molecule has 0 aliphatic heterocycles. The highest BCUT2D eigenvalue weighted by Gasteiger charge is 2.19. The van der Waals surface area contributed by atoms with E-state index in [4.69, 9.17) is 23.2 Å². The smallest absolute Gasteiger partial charge is 0.0806 e. The van der Waals surface area contributed by atoms with Gasteiger partial charge < -0.3 is 5.32 Å². The summed E-state index contributed by atoms with van der Waals surface area (Å²) in [5.74, 6) is 0. The fourth-order valence-electron chi connectivity index (χ4n) is 1.57. The lowest BCUT2D eigenvalue weighted by molar-refractivity contribution is 0.671.